The number of nitrogens with zero attached hydrogens (tertiary/aromatic N) is 7. The van der Waals surface area contributed by atoms with Crippen molar-refractivity contribution in [3.8, 4) is 17.3 Å². The van der Waals surface area contributed by atoms with Gasteiger partial charge in [0.05, 0.1) is 30.9 Å². The number of ether oxygens (including phenoxy) is 2. The van der Waals surface area contributed by atoms with Crippen LogP contribution in [-0.2, 0) is 27.0 Å². The van der Waals surface area contributed by atoms with Gasteiger partial charge in [0.1, 0.15) is 5.52 Å². The summed E-state index contributed by atoms with van der Waals surface area (Å²) >= 11 is 0. The highest BCUT2D eigenvalue weighted by molar-refractivity contribution is 5.90. The van der Waals surface area contributed by atoms with Crippen LogP contribution < -0.4 is 20.7 Å². The largest absolute Gasteiger partial charge is 0.417 e. The lowest BCUT2D eigenvalue weighted by Gasteiger charge is -2.34. The zero-order chi connectivity index (χ0) is 31.4. The lowest BCUT2D eigenvalue weighted by Crippen LogP contribution is -2.50. The molecule has 3 amide bonds. The van der Waals surface area contributed by atoms with Gasteiger partial charge < -0.3 is 30.3 Å². The third-order valence-corrected chi connectivity index (χ3v) is 7.17. The van der Waals surface area contributed by atoms with Crippen molar-refractivity contribution >= 4 is 29.2 Å². The fourth-order valence-corrected chi connectivity index (χ4v) is 5.01. The Bertz CT molecular complexity index is 1560. The van der Waals surface area contributed by atoms with Crippen molar-refractivity contribution < 1.29 is 37.0 Å². The molecule has 0 bridgehead atoms. The summed E-state index contributed by atoms with van der Waals surface area (Å²) in [5, 5.41) is 6.90. The maximum absolute atomic E-state index is 14.1. The maximum atomic E-state index is 14.1. The van der Waals surface area contributed by atoms with Crippen molar-refractivity contribution in [3.63, 3.8) is 0 Å². The number of primary amides is 1. The van der Waals surface area contributed by atoms with E-state index in [9.17, 15) is 27.6 Å². The number of anilines is 1. The molecule has 0 aromatic carbocycles. The van der Waals surface area contributed by atoms with Crippen LogP contribution in [0.4, 0.5) is 23.8 Å². The number of carbonyl (C=O) groups is 3. The highest BCUT2D eigenvalue weighted by Crippen LogP contribution is 2.38. The second-order valence-corrected chi connectivity index (χ2v) is 10.1. The van der Waals surface area contributed by atoms with Crippen LogP contribution in [0.1, 0.15) is 11.1 Å². The lowest BCUT2D eigenvalue weighted by atomic mass is 10.1. The Kier molecular flexibility index (Phi) is 8.96. The number of rotatable bonds is 8. The standard InChI is InChI=1S/C27H30F3N9O5/c1-2-21(40)32-14-23(41)37-5-3-36(4-6-37)15-17-11-20-25(38-7-9-43-10-8-38)34-24(35-39(20)16-17)18-13-33-22(44-26(31)42)12-19(18)27(28,29)30/h2,11-13,16H,1,3-10,14-15H2,(H2,31,42)(H,32,40). The summed E-state index contributed by atoms with van der Waals surface area (Å²) < 4.78 is 53.9. The van der Waals surface area contributed by atoms with Crippen molar-refractivity contribution in [2.45, 2.75) is 12.7 Å². The first kappa shape index (κ1) is 30.7. The number of halogens is 3. The van der Waals surface area contributed by atoms with Gasteiger partial charge in [-0.3, -0.25) is 14.5 Å². The van der Waals surface area contributed by atoms with Gasteiger partial charge in [-0.05, 0) is 17.7 Å². The Morgan fingerprint density at radius 1 is 1.11 bits per heavy atom. The number of aromatic nitrogens is 4. The molecule has 0 aliphatic carbocycles. The van der Waals surface area contributed by atoms with Crippen molar-refractivity contribution in [3.05, 3.63) is 48.3 Å². The fourth-order valence-electron chi connectivity index (χ4n) is 5.01. The zero-order valence-electron chi connectivity index (χ0n) is 23.5. The highest BCUT2D eigenvalue weighted by Gasteiger charge is 2.36. The van der Waals surface area contributed by atoms with Gasteiger partial charge in [0.25, 0.3) is 0 Å². The number of amides is 3. The number of hydrogen-bond donors (Lipinski definition) is 2. The van der Waals surface area contributed by atoms with E-state index >= 15 is 0 Å². The normalized spacial score (nSPS) is 16.2. The molecule has 2 fully saturated rings. The average molecular weight is 618 g/mol. The molecule has 3 N–H and O–H groups in total. The lowest BCUT2D eigenvalue weighted by molar-refractivity contribution is -0.137. The van der Waals surface area contributed by atoms with Crippen LogP contribution in [0.5, 0.6) is 5.88 Å². The second-order valence-electron chi connectivity index (χ2n) is 10.1. The number of piperazine rings is 1. The van der Waals surface area contributed by atoms with E-state index in [2.05, 4.69) is 36.6 Å². The van der Waals surface area contributed by atoms with E-state index in [1.54, 1.807) is 11.1 Å². The molecule has 0 atom stereocenters. The molecule has 2 saturated heterocycles. The summed E-state index contributed by atoms with van der Waals surface area (Å²) in [7, 11) is 0. The predicted molar refractivity (Wildman–Crippen MR) is 150 cm³/mol. The van der Waals surface area contributed by atoms with E-state index < -0.39 is 35.2 Å². The number of fused-ring (bicyclic) bond motifs is 1. The van der Waals surface area contributed by atoms with E-state index in [1.807, 2.05) is 11.0 Å². The SMILES string of the molecule is C=CC(=O)NCC(=O)N1CCN(Cc2cc3c(N4CCOCC4)nc(-c4cnc(OC(N)=O)cc4C(F)(F)F)nn3c2)CC1. The van der Waals surface area contributed by atoms with E-state index in [4.69, 9.17) is 10.5 Å². The Morgan fingerprint density at radius 3 is 2.50 bits per heavy atom. The highest BCUT2D eigenvalue weighted by atomic mass is 19.4. The van der Waals surface area contributed by atoms with Gasteiger partial charge in [-0.1, -0.05) is 6.58 Å². The van der Waals surface area contributed by atoms with Crippen LogP contribution in [0.3, 0.4) is 0 Å². The molecule has 44 heavy (non-hydrogen) atoms. The van der Waals surface area contributed by atoms with Gasteiger partial charge in [0.2, 0.25) is 17.7 Å². The quantitative estimate of drug-likeness (QED) is 0.350. The molecule has 3 aromatic heterocycles. The van der Waals surface area contributed by atoms with E-state index in [-0.39, 0.29) is 18.3 Å². The molecule has 5 rings (SSSR count). The van der Waals surface area contributed by atoms with Gasteiger partial charge in [0, 0.05) is 64.3 Å². The van der Waals surface area contributed by atoms with Crippen LogP contribution in [0, 0.1) is 0 Å². The van der Waals surface area contributed by atoms with Crippen molar-refractivity contribution in [2.75, 3.05) is 63.9 Å². The molecule has 3 aromatic rings. The third-order valence-electron chi connectivity index (χ3n) is 7.17. The molecular weight excluding hydrogens is 587 g/mol. The van der Waals surface area contributed by atoms with Crippen molar-refractivity contribution in [1.29, 1.82) is 0 Å². The molecule has 0 spiro atoms. The minimum Gasteiger partial charge on any atom is -0.391 e. The summed E-state index contributed by atoms with van der Waals surface area (Å²) in [5.41, 5.74) is 4.87. The molecule has 0 saturated carbocycles. The number of nitrogens with two attached hydrogens (primary N) is 1. The van der Waals surface area contributed by atoms with Crippen LogP contribution in [0.15, 0.2) is 37.2 Å². The molecule has 17 heteroatoms. The first-order chi connectivity index (χ1) is 21.0. The van der Waals surface area contributed by atoms with E-state index in [0.29, 0.717) is 76.4 Å². The fraction of sp³-hybridized carbons (Fsp3) is 0.407. The third kappa shape index (κ3) is 7.05. The summed E-state index contributed by atoms with van der Waals surface area (Å²) in [6.45, 7) is 7.69. The summed E-state index contributed by atoms with van der Waals surface area (Å²) in [6, 6.07) is 2.48. The number of morpholine rings is 1. The molecule has 0 unspecified atom stereocenters. The molecule has 2 aliphatic rings. The average Bonchev–Trinajstić information content (AvgIpc) is 3.41. The maximum Gasteiger partial charge on any atom is 0.417 e. The smallest absolute Gasteiger partial charge is 0.391 e. The number of alkyl halides is 3. The Morgan fingerprint density at radius 2 is 1.84 bits per heavy atom. The summed E-state index contributed by atoms with van der Waals surface area (Å²) in [5.74, 6) is -0.987. The van der Waals surface area contributed by atoms with Gasteiger partial charge >= 0.3 is 12.3 Å². The van der Waals surface area contributed by atoms with Crippen molar-refractivity contribution in [1.82, 2.24) is 34.7 Å². The van der Waals surface area contributed by atoms with Gasteiger partial charge in [-0.15, -0.1) is 5.10 Å². The van der Waals surface area contributed by atoms with Crippen molar-refractivity contribution in [2.24, 2.45) is 5.73 Å². The second kappa shape index (κ2) is 12.8. The minimum absolute atomic E-state index is 0.104. The first-order valence-corrected chi connectivity index (χ1v) is 13.7. The number of nitrogens with one attached hydrogen (secondary N) is 1. The Balaban J connectivity index is 1.42. The molecule has 5 heterocycles. The molecular formula is C27H30F3N9O5. The van der Waals surface area contributed by atoms with E-state index in [1.165, 1.54) is 4.52 Å². The van der Waals surface area contributed by atoms with Crippen LogP contribution in [0.2, 0.25) is 0 Å². The molecule has 0 radical (unpaired) electrons. The van der Waals surface area contributed by atoms with Crippen LogP contribution in [-0.4, -0.2) is 106 Å². The Labute approximate surface area is 249 Å². The van der Waals surface area contributed by atoms with Crippen LogP contribution in [0.25, 0.3) is 16.9 Å². The first-order valence-electron chi connectivity index (χ1n) is 13.7. The molecule has 234 valence electrons. The minimum atomic E-state index is -4.84. The topological polar surface area (TPSA) is 161 Å². The van der Waals surface area contributed by atoms with Crippen LogP contribution >= 0.6 is 0 Å². The number of carbonyl (C=O) groups excluding carboxylic acids is 3. The predicted octanol–water partition coefficient (Wildman–Crippen LogP) is 1.05. The molecule has 14 nitrogen and oxygen atoms in total. The van der Waals surface area contributed by atoms with Gasteiger partial charge in [-0.25, -0.2) is 19.3 Å². The number of hydrogen-bond acceptors (Lipinski definition) is 10. The monoisotopic (exact) mass is 617 g/mol. The summed E-state index contributed by atoms with van der Waals surface area (Å²) in [4.78, 5) is 49.0. The number of pyridine rings is 1. The molecule has 2 aliphatic heterocycles. The zero-order valence-corrected chi connectivity index (χ0v) is 23.5. The van der Waals surface area contributed by atoms with Gasteiger partial charge in [0.15, 0.2) is 11.6 Å². The van der Waals surface area contributed by atoms with E-state index in [0.717, 1.165) is 17.8 Å². The summed E-state index contributed by atoms with van der Waals surface area (Å²) in [6.07, 6.45) is -2.39. The van der Waals surface area contributed by atoms with Gasteiger partial charge in [-0.2, -0.15) is 13.2 Å². The Hall–Kier alpha value is -4.77.